The fourth-order valence-corrected chi connectivity index (χ4v) is 2.87. The SMILES string of the molecule is OCC(O)c1cc2n(n1)CCCN(C/C=C/c1ccccc1)C2. The van der Waals surface area contributed by atoms with Crippen molar-refractivity contribution in [2.75, 3.05) is 19.7 Å². The summed E-state index contributed by atoms with van der Waals surface area (Å²) in [6.07, 6.45) is 4.47. The smallest absolute Gasteiger partial charge is 0.121 e. The summed E-state index contributed by atoms with van der Waals surface area (Å²) in [5.74, 6) is 0. The molecule has 2 N–H and O–H groups in total. The molecule has 1 aromatic heterocycles. The molecule has 5 heteroatoms. The van der Waals surface area contributed by atoms with Crippen LogP contribution in [0.2, 0.25) is 0 Å². The molecule has 2 aromatic rings. The van der Waals surface area contributed by atoms with Gasteiger partial charge in [0, 0.05) is 26.2 Å². The minimum Gasteiger partial charge on any atom is -0.393 e. The van der Waals surface area contributed by atoms with Crippen LogP contribution in [-0.2, 0) is 13.1 Å². The van der Waals surface area contributed by atoms with E-state index in [4.69, 9.17) is 5.11 Å². The molecule has 1 aliphatic rings. The largest absolute Gasteiger partial charge is 0.393 e. The second-order valence-corrected chi connectivity index (χ2v) is 5.88. The Morgan fingerprint density at radius 1 is 1.22 bits per heavy atom. The first-order valence-electron chi connectivity index (χ1n) is 8.06. The minimum atomic E-state index is -0.888. The van der Waals surface area contributed by atoms with Gasteiger partial charge in [-0.3, -0.25) is 9.58 Å². The third-order valence-corrected chi connectivity index (χ3v) is 4.10. The molecule has 0 saturated carbocycles. The van der Waals surface area contributed by atoms with Crippen LogP contribution in [-0.4, -0.2) is 44.6 Å². The van der Waals surface area contributed by atoms with Gasteiger partial charge in [-0.25, -0.2) is 0 Å². The van der Waals surface area contributed by atoms with Crippen molar-refractivity contribution in [1.82, 2.24) is 14.7 Å². The van der Waals surface area contributed by atoms with Gasteiger partial charge in [-0.1, -0.05) is 42.5 Å². The number of nitrogens with zero attached hydrogens (tertiary/aromatic N) is 3. The monoisotopic (exact) mass is 313 g/mol. The minimum absolute atomic E-state index is 0.292. The Hall–Kier alpha value is -1.95. The third kappa shape index (κ3) is 4.07. The van der Waals surface area contributed by atoms with E-state index in [2.05, 4.69) is 34.3 Å². The van der Waals surface area contributed by atoms with E-state index >= 15 is 0 Å². The number of aryl methyl sites for hydroxylation is 1. The van der Waals surface area contributed by atoms with E-state index in [1.807, 2.05) is 28.9 Å². The molecule has 0 radical (unpaired) electrons. The first kappa shape index (κ1) is 15.9. The molecule has 1 aromatic carbocycles. The lowest BCUT2D eigenvalue weighted by molar-refractivity contribution is 0.0916. The van der Waals surface area contributed by atoms with Crippen LogP contribution >= 0.6 is 0 Å². The average Bonchev–Trinajstić information content (AvgIpc) is 2.88. The zero-order chi connectivity index (χ0) is 16.1. The second kappa shape index (κ2) is 7.55. The lowest BCUT2D eigenvalue weighted by atomic mass is 10.2. The van der Waals surface area contributed by atoms with Crippen molar-refractivity contribution in [1.29, 1.82) is 0 Å². The molecule has 122 valence electrons. The Kier molecular flexibility index (Phi) is 5.23. The van der Waals surface area contributed by atoms with Crippen LogP contribution in [0.4, 0.5) is 0 Å². The van der Waals surface area contributed by atoms with Crippen molar-refractivity contribution in [3.63, 3.8) is 0 Å². The van der Waals surface area contributed by atoms with E-state index in [1.165, 1.54) is 5.56 Å². The summed E-state index contributed by atoms with van der Waals surface area (Å²) >= 11 is 0. The molecule has 1 aliphatic heterocycles. The summed E-state index contributed by atoms with van der Waals surface area (Å²) in [7, 11) is 0. The Labute approximate surface area is 136 Å². The maximum atomic E-state index is 9.73. The van der Waals surface area contributed by atoms with E-state index in [1.54, 1.807) is 0 Å². The summed E-state index contributed by atoms with van der Waals surface area (Å²) < 4.78 is 1.95. The predicted molar refractivity (Wildman–Crippen MR) is 89.6 cm³/mol. The molecule has 0 aliphatic carbocycles. The molecule has 1 unspecified atom stereocenters. The van der Waals surface area contributed by atoms with Crippen LogP contribution in [0.15, 0.2) is 42.5 Å². The van der Waals surface area contributed by atoms with E-state index in [0.717, 1.165) is 38.3 Å². The van der Waals surface area contributed by atoms with Crippen molar-refractivity contribution >= 4 is 6.08 Å². The van der Waals surface area contributed by atoms with Crippen molar-refractivity contribution in [3.05, 3.63) is 59.4 Å². The summed E-state index contributed by atoms with van der Waals surface area (Å²) in [6.45, 7) is 3.29. The summed E-state index contributed by atoms with van der Waals surface area (Å²) in [5, 5.41) is 23.2. The zero-order valence-corrected chi connectivity index (χ0v) is 13.2. The highest BCUT2D eigenvalue weighted by Gasteiger charge is 2.18. The number of fused-ring (bicyclic) bond motifs is 1. The van der Waals surface area contributed by atoms with Crippen molar-refractivity contribution in [2.24, 2.45) is 0 Å². The number of rotatable bonds is 5. The number of hydrogen-bond donors (Lipinski definition) is 2. The Morgan fingerprint density at radius 3 is 2.83 bits per heavy atom. The van der Waals surface area contributed by atoms with Gasteiger partial charge < -0.3 is 10.2 Å². The van der Waals surface area contributed by atoms with Crippen LogP contribution in [0.1, 0.15) is 29.5 Å². The maximum absolute atomic E-state index is 9.73. The fourth-order valence-electron chi connectivity index (χ4n) is 2.87. The van der Waals surface area contributed by atoms with E-state index in [9.17, 15) is 5.11 Å². The van der Waals surface area contributed by atoms with Gasteiger partial charge in [0.1, 0.15) is 6.10 Å². The highest BCUT2D eigenvalue weighted by Crippen LogP contribution is 2.18. The first-order chi connectivity index (χ1) is 11.3. The predicted octanol–water partition coefficient (Wildman–Crippen LogP) is 1.83. The standard InChI is InChI=1S/C18H23N3O2/c22-14-18(23)17-12-16-13-20(10-5-11-21(16)19-17)9-4-8-15-6-2-1-3-7-15/h1-4,6-8,12,18,22-23H,5,9-11,13-14H2/b8-4+. The molecule has 5 nitrogen and oxygen atoms in total. The van der Waals surface area contributed by atoms with Crippen LogP contribution in [0.5, 0.6) is 0 Å². The average molecular weight is 313 g/mol. The van der Waals surface area contributed by atoms with E-state index < -0.39 is 6.10 Å². The Bertz CT molecular complexity index is 652. The van der Waals surface area contributed by atoms with Gasteiger partial charge in [0.05, 0.1) is 18.0 Å². The molecule has 0 fully saturated rings. The van der Waals surface area contributed by atoms with Crippen LogP contribution in [0.25, 0.3) is 6.08 Å². The van der Waals surface area contributed by atoms with Gasteiger partial charge in [0.2, 0.25) is 0 Å². The number of aliphatic hydroxyl groups excluding tert-OH is 2. The molecule has 23 heavy (non-hydrogen) atoms. The molecular weight excluding hydrogens is 290 g/mol. The lowest BCUT2D eigenvalue weighted by Gasteiger charge is -2.17. The topological polar surface area (TPSA) is 61.5 Å². The molecule has 0 amide bonds. The number of benzene rings is 1. The third-order valence-electron chi connectivity index (χ3n) is 4.10. The normalized spacial score (nSPS) is 17.1. The summed E-state index contributed by atoms with van der Waals surface area (Å²) in [5.41, 5.74) is 2.86. The van der Waals surface area contributed by atoms with Crippen LogP contribution in [0, 0.1) is 0 Å². The Balaban J connectivity index is 1.64. The van der Waals surface area contributed by atoms with Gasteiger partial charge in [-0.15, -0.1) is 0 Å². The van der Waals surface area contributed by atoms with Crippen molar-refractivity contribution in [3.8, 4) is 0 Å². The van der Waals surface area contributed by atoms with Gasteiger partial charge in [-0.2, -0.15) is 5.10 Å². The number of hydrogen-bond acceptors (Lipinski definition) is 4. The van der Waals surface area contributed by atoms with E-state index in [0.29, 0.717) is 5.69 Å². The van der Waals surface area contributed by atoms with Crippen molar-refractivity contribution < 1.29 is 10.2 Å². The highest BCUT2D eigenvalue weighted by atomic mass is 16.3. The molecular formula is C18H23N3O2. The Morgan fingerprint density at radius 2 is 2.04 bits per heavy atom. The highest BCUT2D eigenvalue weighted by molar-refractivity contribution is 5.48. The molecule has 0 saturated heterocycles. The number of aromatic nitrogens is 2. The van der Waals surface area contributed by atoms with Crippen molar-refractivity contribution in [2.45, 2.75) is 25.6 Å². The fraction of sp³-hybridized carbons (Fsp3) is 0.389. The van der Waals surface area contributed by atoms with Crippen LogP contribution in [0.3, 0.4) is 0 Å². The zero-order valence-electron chi connectivity index (χ0n) is 13.2. The van der Waals surface area contributed by atoms with Crippen LogP contribution < -0.4 is 0 Å². The van der Waals surface area contributed by atoms with Gasteiger partial charge >= 0.3 is 0 Å². The molecule has 3 rings (SSSR count). The summed E-state index contributed by atoms with van der Waals surface area (Å²) in [6, 6.07) is 12.2. The first-order valence-corrected chi connectivity index (χ1v) is 8.06. The second-order valence-electron chi connectivity index (χ2n) is 5.88. The number of aliphatic hydroxyl groups is 2. The molecule has 2 heterocycles. The maximum Gasteiger partial charge on any atom is 0.121 e. The van der Waals surface area contributed by atoms with Gasteiger partial charge in [0.15, 0.2) is 0 Å². The van der Waals surface area contributed by atoms with Gasteiger partial charge in [0.25, 0.3) is 0 Å². The van der Waals surface area contributed by atoms with Gasteiger partial charge in [-0.05, 0) is 18.1 Å². The molecule has 1 atom stereocenters. The quantitative estimate of drug-likeness (QED) is 0.884. The lowest BCUT2D eigenvalue weighted by Crippen LogP contribution is -2.23. The molecule has 0 bridgehead atoms. The van der Waals surface area contributed by atoms with E-state index in [-0.39, 0.29) is 6.61 Å². The summed E-state index contributed by atoms with van der Waals surface area (Å²) in [4.78, 5) is 2.37. The molecule has 0 spiro atoms.